The summed E-state index contributed by atoms with van der Waals surface area (Å²) in [4.78, 5) is 10.2. The maximum absolute atomic E-state index is 9.93. The van der Waals surface area contributed by atoms with Crippen LogP contribution < -0.4 is 0 Å². The molecule has 3 aliphatic rings. The maximum atomic E-state index is 9.93. The van der Waals surface area contributed by atoms with Gasteiger partial charge in [0.2, 0.25) is 0 Å². The Balaban J connectivity index is 1.77. The summed E-state index contributed by atoms with van der Waals surface area (Å²) >= 11 is 0. The summed E-state index contributed by atoms with van der Waals surface area (Å²) in [7, 11) is 3.23. The fourth-order valence-corrected chi connectivity index (χ4v) is 5.65. The summed E-state index contributed by atoms with van der Waals surface area (Å²) in [6, 6.07) is 5.71. The zero-order chi connectivity index (χ0) is 17.6. The zero-order valence-electron chi connectivity index (χ0n) is 15.2. The molecule has 5 heteroatoms. The summed E-state index contributed by atoms with van der Waals surface area (Å²) in [6.07, 6.45) is 5.36. The first-order valence-electron chi connectivity index (χ1n) is 9.12. The van der Waals surface area contributed by atoms with Crippen molar-refractivity contribution in [3.8, 4) is 5.75 Å². The molecule has 1 aromatic carbocycles. The van der Waals surface area contributed by atoms with Gasteiger partial charge in [-0.15, -0.1) is 0 Å². The number of phenols is 1. The third kappa shape index (κ3) is 2.43. The Bertz CT molecular complexity index is 742. The Kier molecular flexibility index (Phi) is 3.97. The highest BCUT2D eigenvalue weighted by Gasteiger charge is 2.54. The molecule has 0 radical (unpaired) electrons. The van der Waals surface area contributed by atoms with Gasteiger partial charge in [0.25, 0.3) is 0 Å². The quantitative estimate of drug-likeness (QED) is 0.825. The summed E-state index contributed by atoms with van der Waals surface area (Å²) in [5, 5.41) is 18.6. The number of hydrogen-bond acceptors (Lipinski definition) is 5. The van der Waals surface area contributed by atoms with Crippen molar-refractivity contribution in [1.82, 2.24) is 0 Å². The molecular weight excluding hydrogens is 316 g/mol. The van der Waals surface area contributed by atoms with E-state index in [1.807, 2.05) is 6.07 Å². The number of aromatic hydroxyl groups is 1. The molecule has 25 heavy (non-hydrogen) atoms. The Hall–Kier alpha value is -2.04. The molecule has 0 saturated heterocycles. The topological polar surface area (TPSA) is 63.4 Å². The largest absolute Gasteiger partial charge is 0.508 e. The van der Waals surface area contributed by atoms with Crippen LogP contribution in [0.1, 0.15) is 56.1 Å². The molecule has 4 rings (SSSR count). The van der Waals surface area contributed by atoms with E-state index in [1.165, 1.54) is 11.3 Å². The minimum absolute atomic E-state index is 0.129. The molecule has 0 amide bonds. The number of fused-ring (bicyclic) bond motifs is 5. The second-order valence-corrected chi connectivity index (χ2v) is 7.79. The van der Waals surface area contributed by atoms with E-state index in [9.17, 15) is 5.11 Å². The van der Waals surface area contributed by atoms with Gasteiger partial charge in [-0.05, 0) is 67.6 Å². The summed E-state index contributed by atoms with van der Waals surface area (Å²) < 4.78 is 0. The first-order valence-corrected chi connectivity index (χ1v) is 9.12. The molecule has 0 aliphatic heterocycles. The highest BCUT2D eigenvalue weighted by Crippen LogP contribution is 2.60. The van der Waals surface area contributed by atoms with E-state index in [2.05, 4.69) is 23.3 Å². The highest BCUT2D eigenvalue weighted by atomic mass is 16.6. The molecule has 0 heterocycles. The van der Waals surface area contributed by atoms with Crippen LogP contribution in [0, 0.1) is 17.3 Å². The summed E-state index contributed by atoms with van der Waals surface area (Å²) in [6.45, 7) is 2.36. The lowest BCUT2D eigenvalue weighted by atomic mass is 9.55. The number of phenolic OH excluding ortho intramolecular Hbond substituents is 1. The Morgan fingerprint density at radius 1 is 1.16 bits per heavy atom. The molecule has 1 N–H and O–H groups in total. The van der Waals surface area contributed by atoms with E-state index in [0.29, 0.717) is 17.8 Å². The average Bonchev–Trinajstić information content (AvgIpc) is 2.93. The normalized spacial score (nSPS) is 36.7. The number of benzene rings is 1. The van der Waals surface area contributed by atoms with Crippen molar-refractivity contribution in [2.45, 2.75) is 44.9 Å². The van der Waals surface area contributed by atoms with Gasteiger partial charge in [0.1, 0.15) is 20.0 Å². The monoisotopic (exact) mass is 342 g/mol. The molecular formula is C20H26N2O3. The van der Waals surface area contributed by atoms with Crippen LogP contribution in [-0.4, -0.2) is 30.7 Å². The predicted octanol–water partition coefficient (Wildman–Crippen LogP) is 4.06. The van der Waals surface area contributed by atoms with Crippen molar-refractivity contribution in [2.75, 3.05) is 14.2 Å². The van der Waals surface area contributed by atoms with Crippen LogP contribution in [0.3, 0.4) is 0 Å². The lowest BCUT2D eigenvalue weighted by Crippen LogP contribution is -2.43. The van der Waals surface area contributed by atoms with E-state index in [1.54, 1.807) is 20.3 Å². The molecule has 3 aliphatic carbocycles. The Morgan fingerprint density at radius 3 is 2.72 bits per heavy atom. The van der Waals surface area contributed by atoms with Gasteiger partial charge in [-0.25, -0.2) is 0 Å². The van der Waals surface area contributed by atoms with E-state index in [-0.39, 0.29) is 11.2 Å². The van der Waals surface area contributed by atoms with Gasteiger partial charge in [0, 0.05) is 11.0 Å². The molecule has 0 bridgehead atoms. The van der Waals surface area contributed by atoms with Gasteiger partial charge >= 0.3 is 0 Å². The van der Waals surface area contributed by atoms with Crippen molar-refractivity contribution in [3.63, 3.8) is 0 Å². The van der Waals surface area contributed by atoms with E-state index < -0.39 is 0 Å². The first-order chi connectivity index (χ1) is 12.1. The van der Waals surface area contributed by atoms with Gasteiger partial charge in [-0.1, -0.05) is 23.3 Å². The minimum Gasteiger partial charge on any atom is -0.508 e. The van der Waals surface area contributed by atoms with Crippen molar-refractivity contribution < 1.29 is 14.8 Å². The second-order valence-electron chi connectivity index (χ2n) is 7.79. The van der Waals surface area contributed by atoms with Gasteiger partial charge in [0.15, 0.2) is 0 Å². The van der Waals surface area contributed by atoms with Crippen LogP contribution in [0.5, 0.6) is 5.75 Å². The van der Waals surface area contributed by atoms with Crippen LogP contribution in [0.4, 0.5) is 0 Å². The third-order valence-electron chi connectivity index (χ3n) is 6.76. The Labute approximate surface area is 148 Å². The highest BCUT2D eigenvalue weighted by molar-refractivity contribution is 6.03. The molecule has 2 fully saturated rings. The van der Waals surface area contributed by atoms with Gasteiger partial charge in [0.05, 0.1) is 11.4 Å². The molecule has 0 spiro atoms. The number of rotatable bonds is 2. The van der Waals surface area contributed by atoms with Gasteiger partial charge in [-0.3, -0.25) is 0 Å². The van der Waals surface area contributed by atoms with Crippen LogP contribution in [0.15, 0.2) is 28.5 Å². The van der Waals surface area contributed by atoms with Crippen molar-refractivity contribution in [1.29, 1.82) is 0 Å². The van der Waals surface area contributed by atoms with Crippen LogP contribution in [-0.2, 0) is 9.68 Å². The number of oxime groups is 2. The zero-order valence-corrected chi connectivity index (χ0v) is 15.2. The second kappa shape index (κ2) is 6.04. The van der Waals surface area contributed by atoms with Gasteiger partial charge in [-0.2, -0.15) is 0 Å². The minimum atomic E-state index is 0.129. The molecule has 0 aromatic heterocycles. The molecule has 4 atom stereocenters. The number of hydrogen-bond donors (Lipinski definition) is 1. The summed E-state index contributed by atoms with van der Waals surface area (Å²) in [5.74, 6) is 1.93. The lowest BCUT2D eigenvalue weighted by Gasteiger charge is -2.48. The van der Waals surface area contributed by atoms with E-state index >= 15 is 0 Å². The van der Waals surface area contributed by atoms with Crippen molar-refractivity contribution >= 4 is 11.4 Å². The third-order valence-corrected chi connectivity index (χ3v) is 6.76. The van der Waals surface area contributed by atoms with E-state index in [0.717, 1.165) is 43.4 Å². The van der Waals surface area contributed by atoms with Crippen LogP contribution in [0.25, 0.3) is 0 Å². The predicted molar refractivity (Wildman–Crippen MR) is 97.0 cm³/mol. The standard InChI is InChI=1S/C20H26N2O3/c1-20-9-8-14-13-5-4-12(23)10-16(13)18(21-24-2)11-15(14)17(20)6-7-19(20)22-25-3/h4-5,10,14-15,17,23H,6-9,11H2,1-3H3/b21-18+,22-19+/t14-,15-,17+,20+/m1/s1. The van der Waals surface area contributed by atoms with Crippen LogP contribution >= 0.6 is 0 Å². The van der Waals surface area contributed by atoms with Gasteiger partial charge < -0.3 is 14.8 Å². The smallest absolute Gasteiger partial charge is 0.116 e. The van der Waals surface area contributed by atoms with E-state index in [4.69, 9.17) is 9.68 Å². The fourth-order valence-electron chi connectivity index (χ4n) is 5.65. The molecule has 1 aromatic rings. The fraction of sp³-hybridized carbons (Fsp3) is 0.600. The van der Waals surface area contributed by atoms with Crippen molar-refractivity contribution in [3.05, 3.63) is 29.3 Å². The average molecular weight is 342 g/mol. The lowest BCUT2D eigenvalue weighted by molar-refractivity contribution is 0.105. The Morgan fingerprint density at radius 2 is 1.96 bits per heavy atom. The van der Waals surface area contributed by atoms with Crippen LogP contribution in [0.2, 0.25) is 0 Å². The summed E-state index contributed by atoms with van der Waals surface area (Å²) in [5.41, 5.74) is 4.67. The SMILES string of the molecule is CO/N=C1\C[C@@H]2[C@H](CC[C@]3(C)/C(=N/OC)CC[C@@H]23)c2ccc(O)cc21. The molecule has 2 saturated carbocycles. The molecule has 0 unspecified atom stereocenters. The first kappa shape index (κ1) is 16.4. The molecule has 5 nitrogen and oxygen atoms in total. The molecule has 134 valence electrons. The van der Waals surface area contributed by atoms with Crippen molar-refractivity contribution in [2.24, 2.45) is 27.6 Å². The maximum Gasteiger partial charge on any atom is 0.116 e. The number of nitrogens with zero attached hydrogens (tertiary/aromatic N) is 2.